The second-order valence-corrected chi connectivity index (χ2v) is 4.35. The third kappa shape index (κ3) is 4.17. The van der Waals surface area contributed by atoms with E-state index in [0.29, 0.717) is 5.75 Å². The monoisotopic (exact) mass is 304 g/mol. The molecule has 0 aliphatic heterocycles. The lowest BCUT2D eigenvalue weighted by Crippen LogP contribution is -2.21. The Kier molecular flexibility index (Phi) is 4.52. The number of anilines is 2. The largest absolute Gasteiger partial charge is 0.454 e. The van der Waals surface area contributed by atoms with E-state index in [1.165, 1.54) is 30.5 Å². The van der Waals surface area contributed by atoms with Crippen LogP contribution in [0.3, 0.4) is 0 Å². The van der Waals surface area contributed by atoms with Gasteiger partial charge in [-0.3, -0.25) is 9.59 Å². The maximum Gasteiger partial charge on any atom is 0.233 e. The summed E-state index contributed by atoms with van der Waals surface area (Å²) in [6.45, 7) is 0. The summed E-state index contributed by atoms with van der Waals surface area (Å²) in [6, 6.07) is 6.81. The number of nitrogen functional groups attached to an aromatic ring is 1. The number of carbonyl (C=O) groups is 2. The molecule has 0 atom stereocenters. The number of rotatable bonds is 5. The molecule has 0 radical (unpaired) electrons. The van der Waals surface area contributed by atoms with E-state index in [2.05, 4.69) is 10.3 Å². The van der Waals surface area contributed by atoms with Crippen LogP contribution in [0.5, 0.6) is 11.5 Å². The Morgan fingerprint density at radius 1 is 1.27 bits per heavy atom. The molecule has 0 unspecified atom stereocenters. The van der Waals surface area contributed by atoms with Gasteiger partial charge in [-0.05, 0) is 18.2 Å². The number of nitrogens with one attached hydrogen (secondary N) is 1. The zero-order valence-corrected chi connectivity index (χ0v) is 11.4. The van der Waals surface area contributed by atoms with Crippen molar-refractivity contribution >= 4 is 23.3 Å². The van der Waals surface area contributed by atoms with Crippen molar-refractivity contribution in [3.63, 3.8) is 0 Å². The van der Waals surface area contributed by atoms with E-state index in [9.17, 15) is 14.0 Å². The Hall–Kier alpha value is -3.16. The van der Waals surface area contributed by atoms with Gasteiger partial charge in [0.2, 0.25) is 11.8 Å². The van der Waals surface area contributed by atoms with E-state index in [1.807, 2.05) is 0 Å². The molecule has 1 aromatic carbocycles. The van der Waals surface area contributed by atoms with Crippen LogP contribution in [0.25, 0.3) is 0 Å². The number of hydrogen-bond acceptors (Lipinski definition) is 5. The van der Waals surface area contributed by atoms with Gasteiger partial charge in [0, 0.05) is 24.0 Å². The highest BCUT2D eigenvalue weighted by Gasteiger charge is 2.10. The molecular weight excluding hydrogens is 291 g/mol. The van der Waals surface area contributed by atoms with E-state index < -0.39 is 24.1 Å². The Balaban J connectivity index is 2.09. The molecule has 22 heavy (non-hydrogen) atoms. The first kappa shape index (κ1) is 15.2. The summed E-state index contributed by atoms with van der Waals surface area (Å²) in [5.74, 6) is -1.55. The average molecular weight is 304 g/mol. The SMILES string of the molecule is NC(=O)CC(=O)Nc1ccc(Oc2ccnc(N)c2)c(F)c1. The van der Waals surface area contributed by atoms with E-state index in [1.54, 1.807) is 0 Å². The number of pyridine rings is 1. The summed E-state index contributed by atoms with van der Waals surface area (Å²) in [5.41, 5.74) is 10.6. The number of benzene rings is 1. The summed E-state index contributed by atoms with van der Waals surface area (Å²) in [5, 5.41) is 2.35. The van der Waals surface area contributed by atoms with Gasteiger partial charge < -0.3 is 21.5 Å². The normalized spacial score (nSPS) is 10.0. The predicted octanol–water partition coefficient (Wildman–Crippen LogP) is 1.41. The number of nitrogens with zero attached hydrogens (tertiary/aromatic N) is 1. The number of ether oxygens (including phenoxy) is 1. The molecule has 1 heterocycles. The summed E-state index contributed by atoms with van der Waals surface area (Å²) in [6.07, 6.45) is 0.956. The molecule has 0 fully saturated rings. The zero-order valence-electron chi connectivity index (χ0n) is 11.4. The van der Waals surface area contributed by atoms with Crippen molar-refractivity contribution in [2.45, 2.75) is 6.42 Å². The maximum absolute atomic E-state index is 13.9. The smallest absolute Gasteiger partial charge is 0.233 e. The third-order valence-corrected chi connectivity index (χ3v) is 2.53. The van der Waals surface area contributed by atoms with Crippen LogP contribution in [-0.4, -0.2) is 16.8 Å². The van der Waals surface area contributed by atoms with Crippen LogP contribution in [0.2, 0.25) is 0 Å². The molecule has 1 aromatic heterocycles. The number of nitrogens with two attached hydrogens (primary N) is 2. The van der Waals surface area contributed by atoms with Gasteiger partial charge in [-0.15, -0.1) is 0 Å². The van der Waals surface area contributed by atoms with Crippen LogP contribution >= 0.6 is 0 Å². The van der Waals surface area contributed by atoms with Gasteiger partial charge >= 0.3 is 0 Å². The van der Waals surface area contributed by atoms with E-state index >= 15 is 0 Å². The highest BCUT2D eigenvalue weighted by Crippen LogP contribution is 2.27. The van der Waals surface area contributed by atoms with Gasteiger partial charge in [0.1, 0.15) is 18.0 Å². The van der Waals surface area contributed by atoms with Crippen LogP contribution in [0.4, 0.5) is 15.9 Å². The fourth-order valence-corrected chi connectivity index (χ4v) is 1.64. The number of amides is 2. The van der Waals surface area contributed by atoms with Crippen molar-refractivity contribution < 1.29 is 18.7 Å². The highest BCUT2D eigenvalue weighted by atomic mass is 19.1. The molecule has 2 amide bonds. The molecule has 2 rings (SSSR count). The minimum Gasteiger partial charge on any atom is -0.454 e. The molecule has 0 aliphatic rings. The minimum absolute atomic E-state index is 0.0431. The average Bonchev–Trinajstić information content (AvgIpc) is 2.41. The summed E-state index contributed by atoms with van der Waals surface area (Å²) in [4.78, 5) is 25.8. The van der Waals surface area contributed by atoms with Crippen LogP contribution in [-0.2, 0) is 9.59 Å². The molecule has 0 bridgehead atoms. The molecule has 0 aliphatic carbocycles. The van der Waals surface area contributed by atoms with Crippen molar-refractivity contribution in [2.24, 2.45) is 5.73 Å². The quantitative estimate of drug-likeness (QED) is 0.721. The summed E-state index contributed by atoms with van der Waals surface area (Å²) < 4.78 is 19.3. The topological polar surface area (TPSA) is 120 Å². The van der Waals surface area contributed by atoms with Crippen LogP contribution < -0.4 is 21.5 Å². The summed E-state index contributed by atoms with van der Waals surface area (Å²) in [7, 11) is 0. The zero-order chi connectivity index (χ0) is 16.1. The highest BCUT2D eigenvalue weighted by molar-refractivity contribution is 6.03. The number of aromatic nitrogens is 1. The first-order chi connectivity index (χ1) is 10.4. The lowest BCUT2D eigenvalue weighted by atomic mass is 10.2. The molecular formula is C14H13FN4O3. The first-order valence-electron chi connectivity index (χ1n) is 6.21. The Bertz CT molecular complexity index is 721. The molecule has 7 nitrogen and oxygen atoms in total. The van der Waals surface area contributed by atoms with Gasteiger partial charge in [-0.1, -0.05) is 0 Å². The molecule has 5 N–H and O–H groups in total. The number of hydrogen-bond donors (Lipinski definition) is 3. The van der Waals surface area contributed by atoms with E-state index in [-0.39, 0.29) is 17.3 Å². The fraction of sp³-hybridized carbons (Fsp3) is 0.0714. The Morgan fingerprint density at radius 3 is 2.68 bits per heavy atom. The number of primary amides is 1. The molecule has 2 aromatic rings. The lowest BCUT2D eigenvalue weighted by molar-refractivity contribution is -0.124. The van der Waals surface area contributed by atoms with Crippen LogP contribution in [0.15, 0.2) is 36.5 Å². The lowest BCUT2D eigenvalue weighted by Gasteiger charge is -2.09. The molecule has 8 heteroatoms. The van der Waals surface area contributed by atoms with E-state index in [4.69, 9.17) is 16.2 Å². The van der Waals surface area contributed by atoms with Crippen molar-refractivity contribution in [3.8, 4) is 11.5 Å². The van der Waals surface area contributed by atoms with Gasteiger partial charge in [0.15, 0.2) is 11.6 Å². The van der Waals surface area contributed by atoms with E-state index in [0.717, 1.165) is 6.07 Å². The van der Waals surface area contributed by atoms with Crippen molar-refractivity contribution in [2.75, 3.05) is 11.1 Å². The number of halogens is 1. The van der Waals surface area contributed by atoms with Crippen molar-refractivity contribution in [3.05, 3.63) is 42.3 Å². The second-order valence-electron chi connectivity index (χ2n) is 4.35. The Labute approximate surface area is 125 Å². The predicted molar refractivity (Wildman–Crippen MR) is 77.6 cm³/mol. The van der Waals surface area contributed by atoms with Gasteiger partial charge in [0.05, 0.1) is 0 Å². The fourth-order valence-electron chi connectivity index (χ4n) is 1.64. The Morgan fingerprint density at radius 2 is 2.05 bits per heavy atom. The molecule has 114 valence electrons. The van der Waals surface area contributed by atoms with Gasteiger partial charge in [0.25, 0.3) is 0 Å². The van der Waals surface area contributed by atoms with Crippen molar-refractivity contribution in [1.29, 1.82) is 0 Å². The number of carbonyl (C=O) groups excluding carboxylic acids is 2. The van der Waals surface area contributed by atoms with Gasteiger partial charge in [-0.2, -0.15) is 0 Å². The molecule has 0 spiro atoms. The van der Waals surface area contributed by atoms with Crippen LogP contribution in [0, 0.1) is 5.82 Å². The summed E-state index contributed by atoms with van der Waals surface area (Å²) >= 11 is 0. The molecule has 0 saturated heterocycles. The van der Waals surface area contributed by atoms with Crippen molar-refractivity contribution in [1.82, 2.24) is 4.98 Å². The maximum atomic E-state index is 13.9. The second kappa shape index (κ2) is 6.53. The minimum atomic E-state index is -0.770. The van der Waals surface area contributed by atoms with Gasteiger partial charge in [-0.25, -0.2) is 9.37 Å². The van der Waals surface area contributed by atoms with Crippen LogP contribution in [0.1, 0.15) is 6.42 Å². The third-order valence-electron chi connectivity index (χ3n) is 2.53. The standard InChI is InChI=1S/C14H13FN4O3/c15-10-5-8(19-14(21)7-13(17)20)1-2-11(10)22-9-3-4-18-12(16)6-9/h1-6H,7H2,(H2,16,18)(H2,17,20)(H,19,21). The molecule has 0 saturated carbocycles. The first-order valence-corrected chi connectivity index (χ1v) is 6.21.